The predicted octanol–water partition coefficient (Wildman–Crippen LogP) is 6.03. The van der Waals surface area contributed by atoms with Gasteiger partial charge < -0.3 is 4.90 Å². The molecule has 1 aromatic heterocycles. The molecule has 28 heavy (non-hydrogen) atoms. The maximum atomic E-state index is 4.47. The molecule has 0 aliphatic heterocycles. The minimum absolute atomic E-state index is 0.683. The Bertz CT molecular complexity index is 899. The number of allylic oxidation sites excluding steroid dienone is 1. The lowest BCUT2D eigenvalue weighted by Gasteiger charge is -2.21. The van der Waals surface area contributed by atoms with E-state index in [1.807, 2.05) is 6.08 Å². The van der Waals surface area contributed by atoms with Gasteiger partial charge in [-0.1, -0.05) is 45.9 Å². The molecule has 0 aliphatic carbocycles. The summed E-state index contributed by atoms with van der Waals surface area (Å²) in [7, 11) is 0. The van der Waals surface area contributed by atoms with E-state index in [9.17, 15) is 0 Å². The largest absolute Gasteiger partial charge is 0.372 e. The predicted molar refractivity (Wildman–Crippen MR) is 123 cm³/mol. The van der Waals surface area contributed by atoms with Crippen LogP contribution >= 0.6 is 27.7 Å². The van der Waals surface area contributed by atoms with E-state index in [1.165, 1.54) is 11.3 Å². The molecule has 3 aromatic rings. The minimum Gasteiger partial charge on any atom is -0.372 e. The van der Waals surface area contributed by atoms with E-state index < -0.39 is 0 Å². The number of hydrogen-bond acceptors (Lipinski definition) is 4. The van der Waals surface area contributed by atoms with Crippen molar-refractivity contribution in [3.8, 4) is 11.4 Å². The number of hydrogen-bond donors (Lipinski definition) is 0. The van der Waals surface area contributed by atoms with Crippen molar-refractivity contribution in [3.63, 3.8) is 0 Å². The highest BCUT2D eigenvalue weighted by atomic mass is 79.9. The molecule has 0 N–H and O–H groups in total. The summed E-state index contributed by atoms with van der Waals surface area (Å²) >= 11 is 5.17. The van der Waals surface area contributed by atoms with Gasteiger partial charge >= 0.3 is 0 Å². The van der Waals surface area contributed by atoms with Gasteiger partial charge in [0, 0.05) is 41.1 Å². The lowest BCUT2D eigenvalue weighted by atomic mass is 10.2. The second-order valence-electron chi connectivity index (χ2n) is 6.34. The van der Waals surface area contributed by atoms with Crippen LogP contribution in [-0.4, -0.2) is 27.9 Å². The smallest absolute Gasteiger partial charge is 0.192 e. The van der Waals surface area contributed by atoms with E-state index in [4.69, 9.17) is 0 Å². The fourth-order valence-corrected chi connectivity index (χ4v) is 4.21. The summed E-state index contributed by atoms with van der Waals surface area (Å²) in [5.74, 6) is 1.73. The van der Waals surface area contributed by atoms with E-state index in [0.717, 1.165) is 39.9 Å². The van der Waals surface area contributed by atoms with Gasteiger partial charge in [0.15, 0.2) is 11.0 Å². The van der Waals surface area contributed by atoms with Gasteiger partial charge in [-0.25, -0.2) is 0 Å². The van der Waals surface area contributed by atoms with Crippen molar-refractivity contribution >= 4 is 33.4 Å². The lowest BCUT2D eigenvalue weighted by Crippen LogP contribution is -2.21. The molecule has 0 aliphatic rings. The highest BCUT2D eigenvalue weighted by Crippen LogP contribution is 2.28. The minimum atomic E-state index is 0.683. The molecule has 1 heterocycles. The SMILES string of the molecule is C=CCn1c(SCc2ccc(Br)cc2)nnc1-c1ccc(N(CC)CC)cc1. The number of aromatic nitrogens is 3. The van der Waals surface area contributed by atoms with Gasteiger partial charge in [-0.2, -0.15) is 0 Å². The summed E-state index contributed by atoms with van der Waals surface area (Å²) in [5, 5.41) is 9.82. The van der Waals surface area contributed by atoms with Crippen molar-refractivity contribution in [2.75, 3.05) is 18.0 Å². The zero-order valence-electron chi connectivity index (χ0n) is 16.3. The average Bonchev–Trinajstić information content (AvgIpc) is 3.12. The van der Waals surface area contributed by atoms with Crippen LogP contribution in [0.25, 0.3) is 11.4 Å². The van der Waals surface area contributed by atoms with Gasteiger partial charge in [0.1, 0.15) is 0 Å². The zero-order valence-corrected chi connectivity index (χ0v) is 18.7. The Labute approximate surface area is 179 Å². The van der Waals surface area contributed by atoms with Gasteiger partial charge in [-0.05, 0) is 55.8 Å². The zero-order chi connectivity index (χ0) is 19.9. The summed E-state index contributed by atoms with van der Waals surface area (Å²) in [4.78, 5) is 2.33. The van der Waals surface area contributed by atoms with Crippen LogP contribution in [0.15, 0.2) is 70.8 Å². The van der Waals surface area contributed by atoms with Crippen molar-refractivity contribution in [2.24, 2.45) is 0 Å². The van der Waals surface area contributed by atoms with Crippen LogP contribution in [0.4, 0.5) is 5.69 Å². The van der Waals surface area contributed by atoms with E-state index in [1.54, 1.807) is 11.8 Å². The van der Waals surface area contributed by atoms with Crippen molar-refractivity contribution in [3.05, 3.63) is 71.2 Å². The first-order valence-electron chi connectivity index (χ1n) is 9.43. The standard InChI is InChI=1S/C22H25BrN4S/c1-4-15-27-21(18-9-13-20(14-10-18)26(5-2)6-3)24-25-22(27)28-16-17-7-11-19(23)12-8-17/h4,7-14H,1,5-6,15-16H2,2-3H3. The quantitative estimate of drug-likeness (QED) is 0.290. The van der Waals surface area contributed by atoms with Crippen LogP contribution in [0.5, 0.6) is 0 Å². The van der Waals surface area contributed by atoms with Crippen LogP contribution < -0.4 is 4.90 Å². The fraction of sp³-hybridized carbons (Fsp3) is 0.273. The summed E-state index contributed by atoms with van der Waals surface area (Å²) < 4.78 is 3.22. The van der Waals surface area contributed by atoms with E-state index >= 15 is 0 Å². The number of anilines is 1. The molecule has 146 valence electrons. The summed E-state index contributed by atoms with van der Waals surface area (Å²) in [6, 6.07) is 16.9. The average molecular weight is 457 g/mol. The Kier molecular flexibility index (Phi) is 7.34. The molecular weight excluding hydrogens is 432 g/mol. The van der Waals surface area contributed by atoms with E-state index in [-0.39, 0.29) is 0 Å². The molecule has 2 aromatic carbocycles. The van der Waals surface area contributed by atoms with E-state index in [2.05, 4.69) is 105 Å². The van der Waals surface area contributed by atoms with Crippen LogP contribution in [0.2, 0.25) is 0 Å². The van der Waals surface area contributed by atoms with Crippen molar-refractivity contribution in [1.82, 2.24) is 14.8 Å². The van der Waals surface area contributed by atoms with E-state index in [0.29, 0.717) is 6.54 Å². The maximum absolute atomic E-state index is 4.47. The molecular formula is C22H25BrN4S. The third-order valence-corrected chi connectivity index (χ3v) is 6.13. The Balaban J connectivity index is 1.81. The lowest BCUT2D eigenvalue weighted by molar-refractivity contribution is 0.731. The van der Waals surface area contributed by atoms with Gasteiger partial charge in [-0.15, -0.1) is 16.8 Å². The Morgan fingerprint density at radius 1 is 1.04 bits per heavy atom. The second-order valence-corrected chi connectivity index (χ2v) is 8.20. The number of thioether (sulfide) groups is 1. The number of nitrogens with zero attached hydrogens (tertiary/aromatic N) is 4. The van der Waals surface area contributed by atoms with Crippen molar-refractivity contribution in [2.45, 2.75) is 31.3 Å². The van der Waals surface area contributed by atoms with Crippen LogP contribution in [0.3, 0.4) is 0 Å². The molecule has 0 fully saturated rings. The molecule has 0 bridgehead atoms. The van der Waals surface area contributed by atoms with Gasteiger partial charge in [-0.3, -0.25) is 4.57 Å². The molecule has 6 heteroatoms. The highest BCUT2D eigenvalue weighted by Gasteiger charge is 2.14. The van der Waals surface area contributed by atoms with Gasteiger partial charge in [0.2, 0.25) is 0 Å². The summed E-state index contributed by atoms with van der Waals surface area (Å²) in [6.07, 6.45) is 1.89. The van der Waals surface area contributed by atoms with Gasteiger partial charge in [0.05, 0.1) is 0 Å². The molecule has 0 saturated carbocycles. The molecule has 0 spiro atoms. The van der Waals surface area contributed by atoms with Crippen molar-refractivity contribution < 1.29 is 0 Å². The molecule has 0 atom stereocenters. The number of halogens is 1. The third kappa shape index (κ3) is 4.86. The van der Waals surface area contributed by atoms with Crippen LogP contribution in [-0.2, 0) is 12.3 Å². The second kappa shape index (κ2) is 9.94. The fourth-order valence-electron chi connectivity index (χ4n) is 3.04. The first-order valence-corrected chi connectivity index (χ1v) is 11.2. The first-order chi connectivity index (χ1) is 13.7. The highest BCUT2D eigenvalue weighted by molar-refractivity contribution is 9.10. The Morgan fingerprint density at radius 2 is 1.71 bits per heavy atom. The summed E-state index contributed by atoms with van der Waals surface area (Å²) in [5.41, 5.74) is 3.56. The van der Waals surface area contributed by atoms with Crippen molar-refractivity contribution in [1.29, 1.82) is 0 Å². The Hall–Kier alpha value is -2.05. The number of benzene rings is 2. The van der Waals surface area contributed by atoms with Crippen LogP contribution in [0.1, 0.15) is 19.4 Å². The molecule has 0 unspecified atom stereocenters. The van der Waals surface area contributed by atoms with Gasteiger partial charge in [0.25, 0.3) is 0 Å². The molecule has 0 radical (unpaired) electrons. The maximum Gasteiger partial charge on any atom is 0.192 e. The molecule has 3 rings (SSSR count). The molecule has 4 nitrogen and oxygen atoms in total. The normalized spacial score (nSPS) is 10.8. The first kappa shape index (κ1) is 20.7. The Morgan fingerprint density at radius 3 is 2.32 bits per heavy atom. The molecule has 0 saturated heterocycles. The monoisotopic (exact) mass is 456 g/mol. The third-order valence-electron chi connectivity index (χ3n) is 4.56. The van der Waals surface area contributed by atoms with Crippen LogP contribution in [0, 0.1) is 0 Å². The molecule has 0 amide bonds. The topological polar surface area (TPSA) is 34.0 Å². The summed E-state index contributed by atoms with van der Waals surface area (Å²) in [6.45, 7) is 10.9. The number of rotatable bonds is 9.